The van der Waals surface area contributed by atoms with E-state index in [1.54, 1.807) is 19.0 Å². The van der Waals surface area contributed by atoms with Crippen LogP contribution in [0, 0.1) is 0 Å². The van der Waals surface area contributed by atoms with E-state index < -0.39 is 0 Å². The summed E-state index contributed by atoms with van der Waals surface area (Å²) in [6.07, 6.45) is 2.24. The third-order valence-electron chi connectivity index (χ3n) is 4.15. The lowest BCUT2D eigenvalue weighted by atomic mass is 10.0. The first-order chi connectivity index (χ1) is 11.1. The molecular weight excluding hydrogens is 290 g/mol. The van der Waals surface area contributed by atoms with Crippen LogP contribution < -0.4 is 0 Å². The Hall–Kier alpha value is -2.69. The Labute approximate surface area is 133 Å². The van der Waals surface area contributed by atoms with Gasteiger partial charge in [-0.2, -0.15) is 0 Å². The van der Waals surface area contributed by atoms with E-state index in [2.05, 4.69) is 10.1 Å². The minimum absolute atomic E-state index is 0.0559. The van der Waals surface area contributed by atoms with Crippen molar-refractivity contribution in [2.75, 3.05) is 14.1 Å². The van der Waals surface area contributed by atoms with Crippen molar-refractivity contribution in [3.8, 4) is 11.3 Å². The number of carbonyl (C=O) groups excluding carboxylic acids is 1. The second kappa shape index (κ2) is 5.19. The molecule has 5 nitrogen and oxygen atoms in total. The summed E-state index contributed by atoms with van der Waals surface area (Å²) < 4.78 is 5.46. The lowest BCUT2D eigenvalue weighted by Crippen LogP contribution is -2.22. The number of nitrogens with zero attached hydrogens (tertiary/aromatic N) is 3. The van der Waals surface area contributed by atoms with E-state index in [1.807, 2.05) is 36.4 Å². The molecule has 2 heterocycles. The van der Waals surface area contributed by atoms with Crippen LogP contribution in [-0.4, -0.2) is 35.0 Å². The third-order valence-corrected chi connectivity index (χ3v) is 4.15. The zero-order valence-electron chi connectivity index (χ0n) is 13.1. The number of hydrogen-bond acceptors (Lipinski definition) is 4. The first-order valence-electron chi connectivity index (χ1n) is 7.72. The maximum Gasteiger partial charge on any atom is 0.259 e. The zero-order valence-corrected chi connectivity index (χ0v) is 13.1. The topological polar surface area (TPSA) is 59.2 Å². The van der Waals surface area contributed by atoms with Gasteiger partial charge in [0, 0.05) is 31.3 Å². The van der Waals surface area contributed by atoms with Gasteiger partial charge in [-0.05, 0) is 18.9 Å². The van der Waals surface area contributed by atoms with E-state index in [0.29, 0.717) is 28.3 Å². The van der Waals surface area contributed by atoms with Crippen molar-refractivity contribution < 1.29 is 9.32 Å². The molecule has 0 radical (unpaired) electrons. The van der Waals surface area contributed by atoms with Gasteiger partial charge in [-0.3, -0.25) is 4.79 Å². The first-order valence-corrected chi connectivity index (χ1v) is 7.72. The molecule has 1 amide bonds. The van der Waals surface area contributed by atoms with Crippen LogP contribution in [-0.2, 0) is 0 Å². The van der Waals surface area contributed by atoms with Crippen LogP contribution in [0.5, 0.6) is 0 Å². The van der Waals surface area contributed by atoms with E-state index in [1.165, 1.54) is 0 Å². The highest BCUT2D eigenvalue weighted by molar-refractivity contribution is 6.09. The molecule has 1 aromatic carbocycles. The Balaban J connectivity index is 1.98. The fourth-order valence-electron chi connectivity index (χ4n) is 2.76. The largest absolute Gasteiger partial charge is 0.345 e. The molecule has 4 rings (SSSR count). The fourth-order valence-corrected chi connectivity index (χ4v) is 2.76. The third kappa shape index (κ3) is 2.38. The SMILES string of the molecule is CN(C)C(=O)c1cc(C2CC2)nc2onc(-c3ccccc3)c12. The zero-order chi connectivity index (χ0) is 16.0. The summed E-state index contributed by atoms with van der Waals surface area (Å²) in [6.45, 7) is 0. The number of aromatic nitrogens is 2. The smallest absolute Gasteiger partial charge is 0.259 e. The van der Waals surface area contributed by atoms with Crippen molar-refractivity contribution >= 4 is 17.0 Å². The van der Waals surface area contributed by atoms with E-state index in [9.17, 15) is 4.79 Å². The molecular formula is C18H17N3O2. The van der Waals surface area contributed by atoms with Crippen molar-refractivity contribution in [3.05, 3.63) is 47.7 Å². The maximum absolute atomic E-state index is 12.7. The molecule has 1 saturated carbocycles. The molecule has 0 bridgehead atoms. The van der Waals surface area contributed by atoms with Gasteiger partial charge in [0.05, 0.1) is 10.9 Å². The van der Waals surface area contributed by atoms with Crippen LogP contribution in [0.15, 0.2) is 40.9 Å². The van der Waals surface area contributed by atoms with Crippen molar-refractivity contribution in [1.29, 1.82) is 0 Å². The van der Waals surface area contributed by atoms with Gasteiger partial charge in [0.15, 0.2) is 0 Å². The van der Waals surface area contributed by atoms with Gasteiger partial charge in [0.1, 0.15) is 5.69 Å². The molecule has 3 aromatic rings. The van der Waals surface area contributed by atoms with Crippen LogP contribution >= 0.6 is 0 Å². The van der Waals surface area contributed by atoms with Gasteiger partial charge in [-0.25, -0.2) is 4.98 Å². The lowest BCUT2D eigenvalue weighted by Gasteiger charge is -2.12. The lowest BCUT2D eigenvalue weighted by molar-refractivity contribution is 0.0829. The molecule has 1 fully saturated rings. The Kier molecular flexibility index (Phi) is 3.15. The summed E-state index contributed by atoms with van der Waals surface area (Å²) in [6, 6.07) is 11.6. The predicted octanol–water partition coefficient (Wildman–Crippen LogP) is 3.47. The second-order valence-corrected chi connectivity index (χ2v) is 6.15. The Bertz CT molecular complexity index is 880. The minimum Gasteiger partial charge on any atom is -0.345 e. The molecule has 23 heavy (non-hydrogen) atoms. The highest BCUT2D eigenvalue weighted by atomic mass is 16.5. The van der Waals surface area contributed by atoms with E-state index in [-0.39, 0.29) is 5.91 Å². The van der Waals surface area contributed by atoms with Crippen LogP contribution in [0.2, 0.25) is 0 Å². The number of hydrogen-bond donors (Lipinski definition) is 0. The molecule has 0 spiro atoms. The average molecular weight is 307 g/mol. The highest BCUT2D eigenvalue weighted by Gasteiger charge is 2.29. The standard InChI is InChI=1S/C18H17N3O2/c1-21(2)18(22)13-10-14(11-8-9-11)19-17-15(13)16(20-23-17)12-6-4-3-5-7-12/h3-7,10-11H,8-9H2,1-2H3. The van der Waals surface area contributed by atoms with Gasteiger partial charge >= 0.3 is 0 Å². The van der Waals surface area contributed by atoms with Gasteiger partial charge in [0.25, 0.3) is 11.6 Å². The Morgan fingerprint density at radius 3 is 2.61 bits per heavy atom. The number of benzene rings is 1. The molecule has 1 aliphatic carbocycles. The van der Waals surface area contributed by atoms with Gasteiger partial charge in [-0.1, -0.05) is 35.5 Å². The van der Waals surface area contributed by atoms with Crippen molar-refractivity contribution in [1.82, 2.24) is 15.0 Å². The molecule has 0 saturated heterocycles. The quantitative estimate of drug-likeness (QED) is 0.743. The number of rotatable bonds is 3. The van der Waals surface area contributed by atoms with Gasteiger partial charge in [-0.15, -0.1) is 0 Å². The normalized spacial score (nSPS) is 14.2. The highest BCUT2D eigenvalue weighted by Crippen LogP contribution is 2.41. The monoisotopic (exact) mass is 307 g/mol. The first kappa shape index (κ1) is 13.9. The predicted molar refractivity (Wildman–Crippen MR) is 87.2 cm³/mol. The van der Waals surface area contributed by atoms with E-state index in [4.69, 9.17) is 4.52 Å². The summed E-state index contributed by atoms with van der Waals surface area (Å²) in [7, 11) is 3.50. The van der Waals surface area contributed by atoms with Crippen LogP contribution in [0.3, 0.4) is 0 Å². The van der Waals surface area contributed by atoms with E-state index in [0.717, 1.165) is 24.1 Å². The molecule has 0 N–H and O–H groups in total. The molecule has 0 atom stereocenters. The molecule has 0 aliphatic heterocycles. The van der Waals surface area contributed by atoms with Crippen LogP contribution in [0.4, 0.5) is 0 Å². The number of pyridine rings is 1. The summed E-state index contributed by atoms with van der Waals surface area (Å²) in [5, 5.41) is 4.87. The van der Waals surface area contributed by atoms with E-state index >= 15 is 0 Å². The van der Waals surface area contributed by atoms with Crippen LogP contribution in [0.1, 0.15) is 34.8 Å². The molecule has 2 aromatic heterocycles. The fraction of sp³-hybridized carbons (Fsp3) is 0.278. The summed E-state index contributed by atoms with van der Waals surface area (Å²) in [4.78, 5) is 18.8. The van der Waals surface area contributed by atoms with Crippen molar-refractivity contribution in [2.24, 2.45) is 0 Å². The summed E-state index contributed by atoms with van der Waals surface area (Å²) in [5.74, 6) is 0.387. The Morgan fingerprint density at radius 1 is 1.22 bits per heavy atom. The van der Waals surface area contributed by atoms with Crippen molar-refractivity contribution in [2.45, 2.75) is 18.8 Å². The van der Waals surface area contributed by atoms with Crippen molar-refractivity contribution in [3.63, 3.8) is 0 Å². The molecule has 0 unspecified atom stereocenters. The second-order valence-electron chi connectivity index (χ2n) is 6.15. The summed E-state index contributed by atoms with van der Waals surface area (Å²) in [5.41, 5.74) is 3.57. The Morgan fingerprint density at radius 2 is 1.96 bits per heavy atom. The molecule has 1 aliphatic rings. The number of carbonyl (C=O) groups is 1. The number of fused-ring (bicyclic) bond motifs is 1. The van der Waals surface area contributed by atoms with Gasteiger partial charge in [0.2, 0.25) is 0 Å². The van der Waals surface area contributed by atoms with Gasteiger partial charge < -0.3 is 9.42 Å². The molecule has 5 heteroatoms. The minimum atomic E-state index is -0.0559. The van der Waals surface area contributed by atoms with Crippen LogP contribution in [0.25, 0.3) is 22.4 Å². The molecule has 116 valence electrons. The average Bonchev–Trinajstić information content (AvgIpc) is 3.33. The number of amides is 1. The maximum atomic E-state index is 12.7. The summed E-state index contributed by atoms with van der Waals surface area (Å²) >= 11 is 0.